The molecule has 0 amide bonds. The van der Waals surface area contributed by atoms with E-state index < -0.39 is 15.8 Å². The molecule has 3 unspecified atom stereocenters. The van der Waals surface area contributed by atoms with Crippen molar-refractivity contribution in [1.29, 1.82) is 0 Å². The van der Waals surface area contributed by atoms with Gasteiger partial charge in [-0.1, -0.05) is 189 Å². The van der Waals surface area contributed by atoms with Gasteiger partial charge in [0.25, 0.3) is 0 Å². The van der Waals surface area contributed by atoms with Crippen LogP contribution in [0.4, 0.5) is 0 Å². The predicted molar refractivity (Wildman–Crippen MR) is 216 cm³/mol. The average molecular weight is 725 g/mol. The summed E-state index contributed by atoms with van der Waals surface area (Å²) in [6, 6.07) is 46.5. The van der Waals surface area contributed by atoms with E-state index in [1.54, 1.807) is 21.5 Å². The normalized spacial score (nSPS) is 17.8. The molecule has 0 nitrogen and oxygen atoms in total. The summed E-state index contributed by atoms with van der Waals surface area (Å²) in [6.45, 7) is 11.6. The Balaban J connectivity index is 0.000000717. The molecule has 0 N–H and O–H groups in total. The fourth-order valence-corrected chi connectivity index (χ4v) is 14.3. The van der Waals surface area contributed by atoms with Gasteiger partial charge in [-0.25, -0.2) is 0 Å². The van der Waals surface area contributed by atoms with Crippen LogP contribution in [0, 0.1) is 33.6 Å². The Morgan fingerprint density at radius 1 is 0.490 bits per heavy atom. The molecule has 49 heavy (non-hydrogen) atoms. The molecule has 5 aromatic rings. The average Bonchev–Trinajstić information content (AvgIpc) is 3.82. The number of rotatable bonds is 8. The molecule has 0 aromatic heterocycles. The number of benzene rings is 5. The van der Waals surface area contributed by atoms with Gasteiger partial charge in [-0.3, -0.25) is 0 Å². The maximum absolute atomic E-state index is 2.59. The van der Waals surface area contributed by atoms with E-state index in [0.717, 1.165) is 0 Å². The Morgan fingerprint density at radius 3 is 1.39 bits per heavy atom. The van der Waals surface area contributed by atoms with E-state index in [4.69, 9.17) is 0 Å². The van der Waals surface area contributed by atoms with Gasteiger partial charge < -0.3 is 0 Å². The van der Waals surface area contributed by atoms with Gasteiger partial charge in [-0.05, 0) is 106 Å². The maximum Gasteiger partial charge on any atom is 0 e. The molecule has 0 saturated heterocycles. The van der Waals surface area contributed by atoms with Crippen LogP contribution in [-0.4, -0.2) is 5.66 Å². The Morgan fingerprint density at radius 2 is 0.918 bits per heavy atom. The summed E-state index contributed by atoms with van der Waals surface area (Å²) in [7, 11) is -1.15. The summed E-state index contributed by atoms with van der Waals surface area (Å²) in [5, 5.41) is 7.50. The Bertz CT molecular complexity index is 1620. The zero-order valence-corrected chi connectivity index (χ0v) is 33.1. The second-order valence-electron chi connectivity index (χ2n) is 14.3. The topological polar surface area (TPSA) is 0 Å². The van der Waals surface area contributed by atoms with Gasteiger partial charge in [-0.15, -0.1) is 0 Å². The molecule has 0 bridgehead atoms. The molecule has 2 saturated carbocycles. The van der Waals surface area contributed by atoms with Gasteiger partial charge in [-0.2, -0.15) is 0 Å². The van der Waals surface area contributed by atoms with E-state index >= 15 is 0 Å². The first kappa shape index (κ1) is 37.7. The molecule has 2 aliphatic carbocycles. The van der Waals surface area contributed by atoms with Crippen LogP contribution in [-0.2, 0) is 17.1 Å². The minimum atomic E-state index is -0.636. The first-order valence-corrected chi connectivity index (χ1v) is 21.1. The summed E-state index contributed by atoms with van der Waals surface area (Å²) >= 11 is 0. The van der Waals surface area contributed by atoms with Crippen LogP contribution in [0.15, 0.2) is 121 Å². The van der Waals surface area contributed by atoms with Crippen molar-refractivity contribution < 1.29 is 17.1 Å². The number of hydrogen-bond donors (Lipinski definition) is 0. The van der Waals surface area contributed by atoms with Crippen molar-refractivity contribution in [3.63, 3.8) is 0 Å². The molecule has 0 heterocycles. The summed E-state index contributed by atoms with van der Waals surface area (Å²) in [6.07, 6.45) is 11.4. The first-order valence-electron chi connectivity index (χ1n) is 18.3. The molecule has 256 valence electrons. The van der Waals surface area contributed by atoms with Crippen LogP contribution in [0.1, 0.15) is 92.0 Å². The third-order valence-corrected chi connectivity index (χ3v) is 15.8. The van der Waals surface area contributed by atoms with E-state index in [-0.39, 0.29) is 17.1 Å². The summed E-state index contributed by atoms with van der Waals surface area (Å²) in [4.78, 5) is 0. The quantitative estimate of drug-likeness (QED) is 0.110. The zero-order chi connectivity index (χ0) is 33.5. The van der Waals surface area contributed by atoms with Crippen molar-refractivity contribution in [2.24, 2.45) is 5.92 Å². The van der Waals surface area contributed by atoms with Crippen LogP contribution >= 0.6 is 15.8 Å². The molecule has 5 aromatic carbocycles. The smallest absolute Gasteiger partial charge is 0 e. The van der Waals surface area contributed by atoms with Crippen molar-refractivity contribution in [2.75, 3.05) is 0 Å². The van der Waals surface area contributed by atoms with Gasteiger partial charge in [0, 0.05) is 17.1 Å². The van der Waals surface area contributed by atoms with E-state index in [0.29, 0.717) is 17.5 Å². The number of hydrogen-bond acceptors (Lipinski definition) is 0. The van der Waals surface area contributed by atoms with Gasteiger partial charge in [0.05, 0.1) is 0 Å². The minimum absolute atomic E-state index is 0. The van der Waals surface area contributed by atoms with E-state index in [9.17, 15) is 0 Å². The van der Waals surface area contributed by atoms with Crippen LogP contribution < -0.4 is 26.5 Å². The van der Waals surface area contributed by atoms with Crippen molar-refractivity contribution >= 4 is 42.4 Å². The third kappa shape index (κ3) is 9.43. The largest absolute Gasteiger partial charge is 0.0622 e. The van der Waals surface area contributed by atoms with Crippen LogP contribution in [0.25, 0.3) is 0 Å². The molecule has 3 atom stereocenters. The Kier molecular flexibility index (Phi) is 13.9. The molecule has 2 fully saturated rings. The molecule has 0 radical (unpaired) electrons. The van der Waals surface area contributed by atoms with Crippen molar-refractivity contribution in [3.8, 4) is 0 Å². The molecule has 0 aliphatic heterocycles. The van der Waals surface area contributed by atoms with E-state index in [2.05, 4.69) is 156 Å². The van der Waals surface area contributed by atoms with Gasteiger partial charge in [0.15, 0.2) is 0 Å². The van der Waals surface area contributed by atoms with Crippen molar-refractivity contribution in [3.05, 3.63) is 149 Å². The molecular formula is C46H54FeP2. The first-order chi connectivity index (χ1) is 23.4. The SMILES string of the molecule is C1CCCC1.Cc1cc(C)cc(P(c2cc(C)cc(C)c2)C(C)C2CCCC2c2ccccc2P(c2ccccc2)c2ccccc2)c1.[Fe]. The molecule has 7 rings (SSSR count). The standard InChI is InChI=1S/C41H44P2.C5H10.Fe/c1-29-23-30(2)26-36(25-29)42(37-27-31(3)24-32(4)28-37)33(5)38-20-14-21-39(38)40-19-12-13-22-41(40)43(34-15-8-6-9-16-34)35-17-10-7-11-18-35;1-2-4-5-3-1;/h6-13,15-19,22-28,33,38-39H,14,20-21H2,1-5H3;1-5H2;. The van der Waals surface area contributed by atoms with E-state index in [1.807, 2.05) is 0 Å². The summed E-state index contributed by atoms with van der Waals surface area (Å²) < 4.78 is 0. The molecular weight excluding hydrogens is 670 g/mol. The summed E-state index contributed by atoms with van der Waals surface area (Å²) in [5.41, 5.74) is 7.68. The van der Waals surface area contributed by atoms with Crippen molar-refractivity contribution in [2.45, 2.75) is 97.6 Å². The fraction of sp³-hybridized carbons (Fsp3) is 0.348. The van der Waals surface area contributed by atoms with Crippen LogP contribution in [0.2, 0.25) is 0 Å². The monoisotopic (exact) mass is 724 g/mol. The summed E-state index contributed by atoms with van der Waals surface area (Å²) in [5.74, 6) is 1.22. The molecule has 0 spiro atoms. The molecule has 3 heteroatoms. The fourth-order valence-electron chi connectivity index (χ4n) is 8.41. The second-order valence-corrected chi connectivity index (χ2v) is 19.1. The van der Waals surface area contributed by atoms with E-state index in [1.165, 1.54) is 84.2 Å². The Hall–Kier alpha value is -2.52. The zero-order valence-electron chi connectivity index (χ0n) is 30.2. The number of aryl methyl sites for hydroxylation is 4. The van der Waals surface area contributed by atoms with Gasteiger partial charge in [0.1, 0.15) is 0 Å². The predicted octanol–water partition coefficient (Wildman–Crippen LogP) is 11.0. The molecule has 2 aliphatic rings. The Labute approximate surface area is 310 Å². The third-order valence-electron chi connectivity index (χ3n) is 10.4. The van der Waals surface area contributed by atoms with Gasteiger partial charge >= 0.3 is 0 Å². The van der Waals surface area contributed by atoms with Crippen molar-refractivity contribution in [1.82, 2.24) is 0 Å². The van der Waals surface area contributed by atoms with Gasteiger partial charge in [0.2, 0.25) is 0 Å². The second kappa shape index (κ2) is 18.1. The van der Waals surface area contributed by atoms with Crippen LogP contribution in [0.5, 0.6) is 0 Å². The van der Waals surface area contributed by atoms with Crippen LogP contribution in [0.3, 0.4) is 0 Å². The maximum atomic E-state index is 2.59. The minimum Gasteiger partial charge on any atom is -0.0622 e.